The van der Waals surface area contributed by atoms with Gasteiger partial charge in [0.05, 0.1) is 7.11 Å². The van der Waals surface area contributed by atoms with Crippen LogP contribution in [-0.2, 0) is 22.6 Å². The van der Waals surface area contributed by atoms with E-state index in [1.807, 2.05) is 48.7 Å². The summed E-state index contributed by atoms with van der Waals surface area (Å²) in [4.78, 5) is 30.1. The number of nitrogens with zero attached hydrogens (tertiary/aromatic N) is 1. The maximum atomic E-state index is 12.7. The van der Waals surface area contributed by atoms with E-state index in [1.165, 1.54) is 0 Å². The lowest BCUT2D eigenvalue weighted by molar-refractivity contribution is -0.133. The molecule has 1 fully saturated rings. The number of rotatable bonds is 7. The van der Waals surface area contributed by atoms with E-state index < -0.39 is 6.04 Å². The highest BCUT2D eigenvalue weighted by Gasteiger charge is 2.32. The van der Waals surface area contributed by atoms with E-state index in [4.69, 9.17) is 4.74 Å². The largest absolute Gasteiger partial charge is 0.497 e. The molecular weight excluding hydrogens is 366 g/mol. The lowest BCUT2D eigenvalue weighted by Crippen LogP contribution is -2.41. The molecule has 2 N–H and O–H groups in total. The maximum absolute atomic E-state index is 12.7. The van der Waals surface area contributed by atoms with Crippen LogP contribution >= 0.6 is 0 Å². The number of carbonyl (C=O) groups excluding carboxylic acids is 2. The summed E-state index contributed by atoms with van der Waals surface area (Å²) in [6.07, 6.45) is 3.61. The van der Waals surface area contributed by atoms with E-state index in [9.17, 15) is 9.59 Å². The second-order valence-corrected chi connectivity index (χ2v) is 7.38. The van der Waals surface area contributed by atoms with Crippen LogP contribution in [0, 0.1) is 0 Å². The van der Waals surface area contributed by atoms with Gasteiger partial charge in [-0.25, -0.2) is 0 Å². The normalized spacial score (nSPS) is 16.4. The lowest BCUT2D eigenvalue weighted by Gasteiger charge is -2.17. The minimum atomic E-state index is -0.427. The highest BCUT2D eigenvalue weighted by atomic mass is 16.5. The molecule has 6 nitrogen and oxygen atoms in total. The summed E-state index contributed by atoms with van der Waals surface area (Å²) in [5, 5.41) is 4.05. The molecule has 1 unspecified atom stereocenters. The molecule has 2 amide bonds. The van der Waals surface area contributed by atoms with Crippen molar-refractivity contribution in [3.8, 4) is 5.75 Å². The Morgan fingerprint density at radius 2 is 2.00 bits per heavy atom. The van der Waals surface area contributed by atoms with Crippen LogP contribution in [0.1, 0.15) is 24.0 Å². The van der Waals surface area contributed by atoms with Gasteiger partial charge in [0.15, 0.2) is 0 Å². The highest BCUT2D eigenvalue weighted by molar-refractivity contribution is 5.89. The number of fused-ring (bicyclic) bond motifs is 1. The Bertz CT molecular complexity index is 1010. The SMILES string of the molecule is COc1ccc(CN2CCC(NC(=O)CCc3c[nH]c4ccccc34)C2=O)cc1. The molecule has 1 atom stereocenters. The fraction of sp³-hybridized carbons (Fsp3) is 0.304. The average molecular weight is 391 g/mol. The summed E-state index contributed by atoms with van der Waals surface area (Å²) in [6.45, 7) is 1.20. The quantitative estimate of drug-likeness (QED) is 0.650. The lowest BCUT2D eigenvalue weighted by atomic mass is 10.1. The third kappa shape index (κ3) is 4.26. The molecule has 0 aliphatic carbocycles. The summed E-state index contributed by atoms with van der Waals surface area (Å²) in [7, 11) is 1.63. The second-order valence-electron chi connectivity index (χ2n) is 7.38. The van der Waals surface area contributed by atoms with Gasteiger partial charge in [0, 0.05) is 36.6 Å². The zero-order valence-electron chi connectivity index (χ0n) is 16.5. The first kappa shape index (κ1) is 19.1. The van der Waals surface area contributed by atoms with Gasteiger partial charge in [-0.2, -0.15) is 0 Å². The van der Waals surface area contributed by atoms with Crippen molar-refractivity contribution in [2.75, 3.05) is 13.7 Å². The number of nitrogens with one attached hydrogen (secondary N) is 2. The molecule has 1 saturated heterocycles. The molecule has 1 aliphatic heterocycles. The van der Waals surface area contributed by atoms with Gasteiger partial charge in [0.1, 0.15) is 11.8 Å². The van der Waals surface area contributed by atoms with E-state index in [2.05, 4.69) is 16.4 Å². The first-order valence-electron chi connectivity index (χ1n) is 9.90. The zero-order valence-corrected chi connectivity index (χ0v) is 16.5. The van der Waals surface area contributed by atoms with Gasteiger partial charge in [-0.15, -0.1) is 0 Å². The Hall–Kier alpha value is -3.28. The van der Waals surface area contributed by atoms with E-state index in [-0.39, 0.29) is 11.8 Å². The Labute approximate surface area is 169 Å². The third-order valence-electron chi connectivity index (χ3n) is 5.46. The number of para-hydroxylation sites is 1. The van der Waals surface area contributed by atoms with Gasteiger partial charge in [0.25, 0.3) is 0 Å². The van der Waals surface area contributed by atoms with E-state index in [1.54, 1.807) is 12.0 Å². The highest BCUT2D eigenvalue weighted by Crippen LogP contribution is 2.20. The molecule has 29 heavy (non-hydrogen) atoms. The molecule has 150 valence electrons. The molecule has 0 spiro atoms. The van der Waals surface area contributed by atoms with Crippen LogP contribution in [0.25, 0.3) is 10.9 Å². The van der Waals surface area contributed by atoms with Crippen LogP contribution in [0.3, 0.4) is 0 Å². The Balaban J connectivity index is 1.29. The van der Waals surface area contributed by atoms with Crippen LogP contribution in [0.4, 0.5) is 0 Å². The Morgan fingerprint density at radius 1 is 1.21 bits per heavy atom. The Kier molecular flexibility index (Phi) is 5.51. The number of H-pyrrole nitrogens is 1. The van der Waals surface area contributed by atoms with Crippen molar-refractivity contribution in [3.05, 3.63) is 65.9 Å². The number of aromatic amines is 1. The van der Waals surface area contributed by atoms with Gasteiger partial charge in [-0.1, -0.05) is 30.3 Å². The number of aromatic nitrogens is 1. The fourth-order valence-corrected chi connectivity index (χ4v) is 3.83. The summed E-state index contributed by atoms with van der Waals surface area (Å²) < 4.78 is 5.16. The first-order chi connectivity index (χ1) is 14.1. The number of hydrogen-bond donors (Lipinski definition) is 2. The number of amides is 2. The van der Waals surface area contributed by atoms with Crippen LogP contribution in [0.15, 0.2) is 54.7 Å². The fourth-order valence-electron chi connectivity index (χ4n) is 3.83. The van der Waals surface area contributed by atoms with E-state index in [0.717, 1.165) is 27.8 Å². The number of methoxy groups -OCH3 is 1. The number of benzene rings is 2. The van der Waals surface area contributed by atoms with Crippen LogP contribution in [0.5, 0.6) is 5.75 Å². The number of likely N-dealkylation sites (tertiary alicyclic amines) is 1. The summed E-state index contributed by atoms with van der Waals surface area (Å²) in [5.41, 5.74) is 3.24. The first-order valence-corrected chi connectivity index (χ1v) is 9.90. The molecule has 4 rings (SSSR count). The molecule has 1 aromatic heterocycles. The third-order valence-corrected chi connectivity index (χ3v) is 5.46. The molecule has 0 bridgehead atoms. The second kappa shape index (κ2) is 8.39. The molecule has 2 aromatic carbocycles. The molecule has 6 heteroatoms. The number of carbonyl (C=O) groups is 2. The standard InChI is InChI=1S/C23H25N3O3/c1-29-18-9-6-16(7-10-18)15-26-13-12-21(23(26)28)25-22(27)11-8-17-14-24-20-5-3-2-4-19(17)20/h2-7,9-10,14,21,24H,8,11-13,15H2,1H3,(H,25,27). The van der Waals surface area contributed by atoms with Crippen LogP contribution in [0.2, 0.25) is 0 Å². The average Bonchev–Trinajstić information content (AvgIpc) is 3.31. The molecule has 1 aliphatic rings. The molecule has 2 heterocycles. The monoisotopic (exact) mass is 391 g/mol. The van der Waals surface area contributed by atoms with E-state index >= 15 is 0 Å². The van der Waals surface area contributed by atoms with Crippen molar-refractivity contribution in [2.24, 2.45) is 0 Å². The van der Waals surface area contributed by atoms with Crippen molar-refractivity contribution in [1.29, 1.82) is 0 Å². The molecule has 0 radical (unpaired) electrons. The van der Waals surface area contributed by atoms with E-state index in [0.29, 0.717) is 32.4 Å². The summed E-state index contributed by atoms with van der Waals surface area (Å²) >= 11 is 0. The van der Waals surface area contributed by atoms with Gasteiger partial charge < -0.3 is 19.9 Å². The maximum Gasteiger partial charge on any atom is 0.245 e. The molecule has 3 aromatic rings. The number of aryl methyl sites for hydroxylation is 1. The van der Waals surface area contributed by atoms with Gasteiger partial charge in [-0.3, -0.25) is 9.59 Å². The molecular formula is C23H25N3O3. The predicted octanol–water partition coefficient (Wildman–Crippen LogP) is 3.03. The van der Waals surface area contributed by atoms with Gasteiger partial charge in [-0.05, 0) is 42.2 Å². The number of hydrogen-bond acceptors (Lipinski definition) is 3. The van der Waals surface area contributed by atoms with Crippen molar-refractivity contribution >= 4 is 22.7 Å². The minimum Gasteiger partial charge on any atom is -0.497 e. The predicted molar refractivity (Wildman–Crippen MR) is 112 cm³/mol. The zero-order chi connectivity index (χ0) is 20.2. The Morgan fingerprint density at radius 3 is 2.79 bits per heavy atom. The molecule has 0 saturated carbocycles. The van der Waals surface area contributed by atoms with Crippen molar-refractivity contribution in [2.45, 2.75) is 31.8 Å². The van der Waals surface area contributed by atoms with Crippen LogP contribution < -0.4 is 10.1 Å². The van der Waals surface area contributed by atoms with Gasteiger partial charge >= 0.3 is 0 Å². The van der Waals surface area contributed by atoms with Crippen molar-refractivity contribution < 1.29 is 14.3 Å². The van der Waals surface area contributed by atoms with Crippen LogP contribution in [-0.4, -0.2) is 41.4 Å². The smallest absolute Gasteiger partial charge is 0.245 e. The summed E-state index contributed by atoms with van der Waals surface area (Å²) in [6, 6.07) is 15.3. The topological polar surface area (TPSA) is 74.4 Å². The van der Waals surface area contributed by atoms with Crippen molar-refractivity contribution in [3.63, 3.8) is 0 Å². The van der Waals surface area contributed by atoms with Gasteiger partial charge in [0.2, 0.25) is 11.8 Å². The van der Waals surface area contributed by atoms with Crippen molar-refractivity contribution in [1.82, 2.24) is 15.2 Å². The summed E-state index contributed by atoms with van der Waals surface area (Å²) in [5.74, 6) is 0.697. The minimum absolute atomic E-state index is 0.0127. The number of ether oxygens (including phenoxy) is 1.